The van der Waals surface area contributed by atoms with Crippen molar-refractivity contribution in [2.24, 2.45) is 0 Å². The number of thiophene rings is 1. The minimum absolute atomic E-state index is 0.134. The molecule has 2 N–H and O–H groups in total. The molecule has 0 saturated carbocycles. The molecule has 0 spiro atoms. The number of aromatic nitrogens is 2. The van der Waals surface area contributed by atoms with Crippen LogP contribution in [0.2, 0.25) is 4.34 Å². The summed E-state index contributed by atoms with van der Waals surface area (Å²) in [5.41, 5.74) is 7.99. The van der Waals surface area contributed by atoms with E-state index in [9.17, 15) is 0 Å². The standard InChI is InChI=1S/C13H12ClN3S/c1-8(11-6-7-12(14)18-11)17-10-5-3-2-4-9(10)16-13(17)15/h2-8H,1H3,(H2,15,16). The van der Waals surface area contributed by atoms with Crippen molar-refractivity contribution in [3.8, 4) is 0 Å². The van der Waals surface area contributed by atoms with Gasteiger partial charge in [-0.1, -0.05) is 23.7 Å². The lowest BCUT2D eigenvalue weighted by Gasteiger charge is -2.14. The van der Waals surface area contributed by atoms with E-state index in [1.54, 1.807) is 11.3 Å². The number of para-hydroxylation sites is 2. The summed E-state index contributed by atoms with van der Waals surface area (Å²) in [7, 11) is 0. The lowest BCUT2D eigenvalue weighted by atomic mass is 10.2. The van der Waals surface area contributed by atoms with Gasteiger partial charge in [0.1, 0.15) is 0 Å². The molecule has 0 aliphatic rings. The zero-order chi connectivity index (χ0) is 12.7. The van der Waals surface area contributed by atoms with Gasteiger partial charge in [0.05, 0.1) is 21.4 Å². The van der Waals surface area contributed by atoms with Crippen molar-refractivity contribution in [2.45, 2.75) is 13.0 Å². The summed E-state index contributed by atoms with van der Waals surface area (Å²) in [5, 5.41) is 0. The first-order valence-electron chi connectivity index (χ1n) is 5.64. The Bertz CT molecular complexity index is 701. The van der Waals surface area contributed by atoms with Gasteiger partial charge in [-0.15, -0.1) is 11.3 Å². The van der Waals surface area contributed by atoms with Crippen LogP contribution in [0, 0.1) is 0 Å². The van der Waals surface area contributed by atoms with Gasteiger partial charge in [0.15, 0.2) is 0 Å². The maximum Gasteiger partial charge on any atom is 0.201 e. The van der Waals surface area contributed by atoms with E-state index in [4.69, 9.17) is 17.3 Å². The zero-order valence-corrected chi connectivity index (χ0v) is 11.4. The molecule has 2 aromatic heterocycles. The maximum absolute atomic E-state index is 6.02. The lowest BCUT2D eigenvalue weighted by Crippen LogP contribution is -2.08. The Morgan fingerprint density at radius 3 is 2.78 bits per heavy atom. The molecule has 0 bridgehead atoms. The van der Waals surface area contributed by atoms with Gasteiger partial charge in [0.2, 0.25) is 5.95 Å². The highest BCUT2D eigenvalue weighted by Crippen LogP contribution is 2.32. The molecular formula is C13H12ClN3S. The number of imidazole rings is 1. The molecule has 0 aliphatic carbocycles. The van der Waals surface area contributed by atoms with Crippen LogP contribution in [0.3, 0.4) is 0 Å². The summed E-state index contributed by atoms with van der Waals surface area (Å²) in [6.07, 6.45) is 0. The molecule has 1 atom stereocenters. The number of nitrogens with two attached hydrogens (primary N) is 1. The zero-order valence-electron chi connectivity index (χ0n) is 9.80. The Morgan fingerprint density at radius 2 is 2.06 bits per heavy atom. The van der Waals surface area contributed by atoms with Crippen molar-refractivity contribution < 1.29 is 0 Å². The Labute approximate surface area is 114 Å². The SMILES string of the molecule is CC(c1ccc(Cl)s1)n1c(N)nc2ccccc21. The van der Waals surface area contributed by atoms with Gasteiger partial charge in [-0.25, -0.2) is 4.98 Å². The van der Waals surface area contributed by atoms with Crippen LogP contribution in [-0.2, 0) is 0 Å². The van der Waals surface area contributed by atoms with Crippen molar-refractivity contribution in [3.63, 3.8) is 0 Å². The largest absolute Gasteiger partial charge is 0.369 e. The normalized spacial score (nSPS) is 13.0. The van der Waals surface area contributed by atoms with Crippen LogP contribution in [0.25, 0.3) is 11.0 Å². The highest BCUT2D eigenvalue weighted by molar-refractivity contribution is 7.16. The number of nitrogen functional groups attached to an aromatic ring is 1. The van der Waals surface area contributed by atoms with E-state index in [1.165, 1.54) is 4.88 Å². The third kappa shape index (κ3) is 1.78. The number of nitrogens with zero attached hydrogens (tertiary/aromatic N) is 2. The highest BCUT2D eigenvalue weighted by Gasteiger charge is 2.16. The van der Waals surface area contributed by atoms with Crippen LogP contribution in [0.1, 0.15) is 17.8 Å². The van der Waals surface area contributed by atoms with Crippen molar-refractivity contribution in [3.05, 3.63) is 45.6 Å². The van der Waals surface area contributed by atoms with Gasteiger partial charge in [0, 0.05) is 4.88 Å². The van der Waals surface area contributed by atoms with E-state index in [0.717, 1.165) is 15.4 Å². The van der Waals surface area contributed by atoms with E-state index in [1.807, 2.05) is 41.0 Å². The number of halogens is 1. The summed E-state index contributed by atoms with van der Waals surface area (Å²) in [6.45, 7) is 2.10. The molecule has 3 aromatic rings. The van der Waals surface area contributed by atoms with Crippen molar-refractivity contribution in [2.75, 3.05) is 5.73 Å². The fourth-order valence-electron chi connectivity index (χ4n) is 2.15. The number of rotatable bonds is 2. The molecule has 1 unspecified atom stereocenters. The summed E-state index contributed by atoms with van der Waals surface area (Å²) >= 11 is 7.56. The van der Waals surface area contributed by atoms with Gasteiger partial charge < -0.3 is 10.3 Å². The maximum atomic E-state index is 6.02. The number of fused-ring (bicyclic) bond motifs is 1. The average molecular weight is 278 g/mol. The second kappa shape index (κ2) is 4.30. The van der Waals surface area contributed by atoms with Crippen LogP contribution in [0.15, 0.2) is 36.4 Å². The van der Waals surface area contributed by atoms with Gasteiger partial charge >= 0.3 is 0 Å². The van der Waals surface area contributed by atoms with Gasteiger partial charge in [-0.05, 0) is 31.2 Å². The van der Waals surface area contributed by atoms with Crippen molar-refractivity contribution in [1.82, 2.24) is 9.55 Å². The number of anilines is 1. The van der Waals surface area contributed by atoms with Gasteiger partial charge in [-0.3, -0.25) is 0 Å². The molecule has 0 radical (unpaired) electrons. The molecule has 5 heteroatoms. The Balaban J connectivity index is 2.16. The van der Waals surface area contributed by atoms with E-state index in [2.05, 4.69) is 11.9 Å². The van der Waals surface area contributed by atoms with Gasteiger partial charge in [0.25, 0.3) is 0 Å². The molecule has 18 heavy (non-hydrogen) atoms. The summed E-state index contributed by atoms with van der Waals surface area (Å²) < 4.78 is 2.83. The monoisotopic (exact) mass is 277 g/mol. The topological polar surface area (TPSA) is 43.8 Å². The van der Waals surface area contributed by atoms with Gasteiger partial charge in [-0.2, -0.15) is 0 Å². The first-order valence-corrected chi connectivity index (χ1v) is 6.84. The summed E-state index contributed by atoms with van der Waals surface area (Å²) in [6, 6.07) is 12.0. The fraction of sp³-hybridized carbons (Fsp3) is 0.154. The summed E-state index contributed by atoms with van der Waals surface area (Å²) in [4.78, 5) is 5.55. The summed E-state index contributed by atoms with van der Waals surface area (Å²) in [5.74, 6) is 0.535. The Morgan fingerprint density at radius 1 is 1.28 bits per heavy atom. The van der Waals surface area contributed by atoms with E-state index in [-0.39, 0.29) is 6.04 Å². The van der Waals surface area contributed by atoms with E-state index >= 15 is 0 Å². The van der Waals surface area contributed by atoms with Crippen LogP contribution < -0.4 is 5.73 Å². The smallest absolute Gasteiger partial charge is 0.201 e. The molecule has 1 aromatic carbocycles. The van der Waals surface area contributed by atoms with Crippen molar-refractivity contribution >= 4 is 39.9 Å². The van der Waals surface area contributed by atoms with E-state index in [0.29, 0.717) is 5.95 Å². The quantitative estimate of drug-likeness (QED) is 0.771. The van der Waals surface area contributed by atoms with Crippen LogP contribution in [0.4, 0.5) is 5.95 Å². The predicted octanol–water partition coefficient (Wildman–Crippen LogP) is 3.94. The van der Waals surface area contributed by atoms with Crippen LogP contribution >= 0.6 is 22.9 Å². The number of hydrogen-bond acceptors (Lipinski definition) is 3. The molecule has 92 valence electrons. The molecule has 3 rings (SSSR count). The molecule has 0 fully saturated rings. The minimum Gasteiger partial charge on any atom is -0.369 e. The highest BCUT2D eigenvalue weighted by atomic mass is 35.5. The lowest BCUT2D eigenvalue weighted by molar-refractivity contribution is 0.680. The Hall–Kier alpha value is -1.52. The Kier molecular flexibility index (Phi) is 2.76. The second-order valence-electron chi connectivity index (χ2n) is 4.15. The molecule has 2 heterocycles. The first kappa shape index (κ1) is 11.6. The van der Waals surface area contributed by atoms with Crippen LogP contribution in [0.5, 0.6) is 0 Å². The average Bonchev–Trinajstić information content (AvgIpc) is 2.91. The second-order valence-corrected chi connectivity index (χ2v) is 5.89. The molecule has 3 nitrogen and oxygen atoms in total. The van der Waals surface area contributed by atoms with Crippen LogP contribution in [-0.4, -0.2) is 9.55 Å². The van der Waals surface area contributed by atoms with Crippen molar-refractivity contribution in [1.29, 1.82) is 0 Å². The number of hydrogen-bond donors (Lipinski definition) is 1. The minimum atomic E-state index is 0.134. The van der Waals surface area contributed by atoms with E-state index < -0.39 is 0 Å². The third-order valence-electron chi connectivity index (χ3n) is 3.02. The molecule has 0 saturated heterocycles. The predicted molar refractivity (Wildman–Crippen MR) is 77.3 cm³/mol. The molecule has 0 aliphatic heterocycles. The molecular weight excluding hydrogens is 266 g/mol. The molecule has 0 amide bonds. The third-order valence-corrected chi connectivity index (χ3v) is 4.42. The number of benzene rings is 1. The fourth-order valence-corrected chi connectivity index (χ4v) is 3.25. The first-order chi connectivity index (χ1) is 8.66.